The van der Waals surface area contributed by atoms with Gasteiger partial charge < -0.3 is 10.2 Å². The van der Waals surface area contributed by atoms with Crippen LogP contribution < -0.4 is 5.32 Å². The summed E-state index contributed by atoms with van der Waals surface area (Å²) in [7, 11) is 4.25. The third kappa shape index (κ3) is 2.50. The molecule has 26 heavy (non-hydrogen) atoms. The Morgan fingerprint density at radius 2 is 2.00 bits per heavy atom. The highest BCUT2D eigenvalue weighted by Gasteiger charge is 2.30. The van der Waals surface area contributed by atoms with Crippen molar-refractivity contribution in [2.24, 2.45) is 0 Å². The number of nitrogens with zero attached hydrogens (tertiary/aromatic N) is 7. The Balaban J connectivity index is 1.41. The van der Waals surface area contributed by atoms with Crippen molar-refractivity contribution >= 4 is 17.2 Å². The van der Waals surface area contributed by atoms with Crippen LogP contribution in [0.4, 0.5) is 5.95 Å². The van der Waals surface area contributed by atoms with E-state index >= 15 is 0 Å². The lowest BCUT2D eigenvalue weighted by atomic mass is 9.86. The number of hydrogen-bond donors (Lipinski definition) is 1. The molecule has 0 amide bonds. The zero-order valence-electron chi connectivity index (χ0n) is 14.7. The van der Waals surface area contributed by atoms with Gasteiger partial charge in [-0.05, 0) is 33.0 Å². The Morgan fingerprint density at radius 3 is 2.85 bits per heavy atom. The van der Waals surface area contributed by atoms with E-state index in [4.69, 9.17) is 0 Å². The normalized spacial score (nSPS) is 20.0. The standard InChI is InChI=1S/C18H20N8/c1-24(2)14-7-13(8-14)22-17-20-10-16-15(3-5-26(16)23-17)12-9-21-18-19-4-6-25(18)11-12/h3-6,9-11,13-14H,7-8H2,1-2H3,(H,22,23). The molecule has 1 N–H and O–H groups in total. The molecule has 4 aromatic heterocycles. The minimum Gasteiger partial charge on any atom is -0.350 e. The Morgan fingerprint density at radius 1 is 1.12 bits per heavy atom. The van der Waals surface area contributed by atoms with Crippen molar-refractivity contribution in [3.63, 3.8) is 0 Å². The van der Waals surface area contributed by atoms with Crippen LogP contribution in [0.1, 0.15) is 12.8 Å². The summed E-state index contributed by atoms with van der Waals surface area (Å²) < 4.78 is 3.78. The van der Waals surface area contributed by atoms with Gasteiger partial charge in [0, 0.05) is 54.2 Å². The predicted octanol–water partition coefficient (Wildman–Crippen LogP) is 1.94. The van der Waals surface area contributed by atoms with Crippen LogP contribution in [-0.4, -0.2) is 60.0 Å². The second kappa shape index (κ2) is 5.77. The quantitative estimate of drug-likeness (QED) is 0.607. The van der Waals surface area contributed by atoms with E-state index in [0.29, 0.717) is 23.8 Å². The molecule has 5 rings (SSSR count). The number of anilines is 1. The van der Waals surface area contributed by atoms with Gasteiger partial charge in [0.05, 0.1) is 11.7 Å². The van der Waals surface area contributed by atoms with E-state index in [-0.39, 0.29) is 0 Å². The number of imidazole rings is 1. The van der Waals surface area contributed by atoms with Crippen molar-refractivity contribution in [2.75, 3.05) is 19.4 Å². The van der Waals surface area contributed by atoms with E-state index in [1.807, 2.05) is 46.0 Å². The van der Waals surface area contributed by atoms with E-state index in [9.17, 15) is 0 Å². The predicted molar refractivity (Wildman–Crippen MR) is 99.1 cm³/mol. The average Bonchev–Trinajstić information content (AvgIpc) is 3.22. The largest absolute Gasteiger partial charge is 0.350 e. The first-order chi connectivity index (χ1) is 12.7. The molecule has 1 aliphatic carbocycles. The van der Waals surface area contributed by atoms with Gasteiger partial charge in [-0.15, -0.1) is 5.10 Å². The Kier molecular flexibility index (Phi) is 3.39. The highest BCUT2D eigenvalue weighted by molar-refractivity contribution is 5.79. The molecule has 4 heterocycles. The molecule has 0 aliphatic heterocycles. The first kappa shape index (κ1) is 15.3. The van der Waals surface area contributed by atoms with E-state index in [1.165, 1.54) is 0 Å². The molecule has 1 fully saturated rings. The third-order valence-corrected chi connectivity index (χ3v) is 5.15. The zero-order valence-corrected chi connectivity index (χ0v) is 14.7. The topological polar surface area (TPSA) is 75.6 Å². The van der Waals surface area contributed by atoms with Crippen molar-refractivity contribution in [1.29, 1.82) is 0 Å². The van der Waals surface area contributed by atoms with Crippen LogP contribution in [0.3, 0.4) is 0 Å². The zero-order chi connectivity index (χ0) is 17.7. The molecule has 0 atom stereocenters. The summed E-state index contributed by atoms with van der Waals surface area (Å²) in [6, 6.07) is 3.14. The summed E-state index contributed by atoms with van der Waals surface area (Å²) in [5.74, 6) is 1.36. The number of rotatable bonds is 4. The minimum absolute atomic E-state index is 0.447. The first-order valence-electron chi connectivity index (χ1n) is 8.74. The maximum atomic E-state index is 4.61. The van der Waals surface area contributed by atoms with Crippen LogP contribution >= 0.6 is 0 Å². The van der Waals surface area contributed by atoms with Crippen LogP contribution in [0, 0.1) is 0 Å². The lowest BCUT2D eigenvalue weighted by molar-refractivity contribution is 0.177. The van der Waals surface area contributed by atoms with Crippen molar-refractivity contribution in [3.8, 4) is 11.1 Å². The summed E-state index contributed by atoms with van der Waals surface area (Å²) in [6.07, 6.45) is 13.6. The van der Waals surface area contributed by atoms with Gasteiger partial charge in [-0.25, -0.2) is 19.5 Å². The van der Waals surface area contributed by atoms with Gasteiger partial charge in [0.2, 0.25) is 11.7 Å². The van der Waals surface area contributed by atoms with E-state index in [2.05, 4.69) is 44.4 Å². The molecule has 0 aromatic carbocycles. The number of aromatic nitrogens is 6. The number of fused-ring (bicyclic) bond motifs is 2. The van der Waals surface area contributed by atoms with E-state index in [1.54, 1.807) is 6.20 Å². The molecule has 1 aliphatic rings. The van der Waals surface area contributed by atoms with Gasteiger partial charge >= 0.3 is 0 Å². The third-order valence-electron chi connectivity index (χ3n) is 5.15. The van der Waals surface area contributed by atoms with Crippen LogP contribution in [0.15, 0.2) is 43.2 Å². The lowest BCUT2D eigenvalue weighted by Gasteiger charge is -2.39. The van der Waals surface area contributed by atoms with Crippen LogP contribution in [0.2, 0.25) is 0 Å². The highest BCUT2D eigenvalue weighted by atomic mass is 15.3. The fourth-order valence-electron chi connectivity index (χ4n) is 3.48. The van der Waals surface area contributed by atoms with Crippen LogP contribution in [-0.2, 0) is 0 Å². The minimum atomic E-state index is 0.447. The molecule has 8 nitrogen and oxygen atoms in total. The number of nitrogens with one attached hydrogen (secondary N) is 1. The highest BCUT2D eigenvalue weighted by Crippen LogP contribution is 2.27. The van der Waals surface area contributed by atoms with Crippen molar-refractivity contribution < 1.29 is 0 Å². The maximum Gasteiger partial charge on any atom is 0.241 e. The second-order valence-electron chi connectivity index (χ2n) is 7.05. The smallest absolute Gasteiger partial charge is 0.241 e. The van der Waals surface area contributed by atoms with Gasteiger partial charge in [0.1, 0.15) is 0 Å². The molecule has 132 valence electrons. The number of hydrogen-bond acceptors (Lipinski definition) is 6. The molecule has 8 heteroatoms. The van der Waals surface area contributed by atoms with E-state index < -0.39 is 0 Å². The molecule has 0 spiro atoms. The second-order valence-corrected chi connectivity index (χ2v) is 7.05. The van der Waals surface area contributed by atoms with Crippen LogP contribution in [0.5, 0.6) is 0 Å². The fourth-order valence-corrected chi connectivity index (χ4v) is 3.48. The average molecular weight is 348 g/mol. The van der Waals surface area contributed by atoms with Gasteiger partial charge in [-0.2, -0.15) is 0 Å². The summed E-state index contributed by atoms with van der Waals surface area (Å²) in [4.78, 5) is 15.4. The lowest BCUT2D eigenvalue weighted by Crippen LogP contribution is -2.47. The Labute approximate surface area is 150 Å². The SMILES string of the molecule is CN(C)C1CC(Nc2ncc3c(-c4cnc5nccn5c4)ccn3n2)C1. The molecule has 0 unspecified atom stereocenters. The Bertz CT molecular complexity index is 1070. The molecule has 0 radical (unpaired) electrons. The fraction of sp³-hybridized carbons (Fsp3) is 0.333. The summed E-state index contributed by atoms with van der Waals surface area (Å²) in [6.45, 7) is 0. The van der Waals surface area contributed by atoms with Gasteiger partial charge in [0.15, 0.2) is 0 Å². The molecule has 1 saturated carbocycles. The molecular formula is C18H20N8. The van der Waals surface area contributed by atoms with Gasteiger partial charge in [-0.3, -0.25) is 4.40 Å². The Hall–Kier alpha value is -3.00. The maximum absolute atomic E-state index is 4.61. The molecular weight excluding hydrogens is 328 g/mol. The van der Waals surface area contributed by atoms with Gasteiger partial charge in [0.25, 0.3) is 0 Å². The molecule has 0 saturated heterocycles. The monoisotopic (exact) mass is 348 g/mol. The summed E-state index contributed by atoms with van der Waals surface area (Å²) in [5.41, 5.74) is 3.02. The van der Waals surface area contributed by atoms with Crippen molar-refractivity contribution in [1.82, 2.24) is 33.9 Å². The molecule has 4 aromatic rings. The van der Waals surface area contributed by atoms with E-state index in [0.717, 1.165) is 29.5 Å². The summed E-state index contributed by atoms with van der Waals surface area (Å²) in [5, 5.41) is 8.04. The summed E-state index contributed by atoms with van der Waals surface area (Å²) >= 11 is 0. The van der Waals surface area contributed by atoms with Crippen molar-refractivity contribution in [2.45, 2.75) is 24.9 Å². The molecule has 0 bridgehead atoms. The van der Waals surface area contributed by atoms with Crippen molar-refractivity contribution in [3.05, 3.63) is 43.2 Å². The first-order valence-corrected chi connectivity index (χ1v) is 8.74. The van der Waals surface area contributed by atoms with Crippen LogP contribution in [0.25, 0.3) is 22.4 Å². The van der Waals surface area contributed by atoms with Gasteiger partial charge in [-0.1, -0.05) is 0 Å².